The van der Waals surface area contributed by atoms with E-state index in [1.807, 2.05) is 0 Å². The van der Waals surface area contributed by atoms with Crippen LogP contribution in [0.2, 0.25) is 0 Å². The lowest BCUT2D eigenvalue weighted by molar-refractivity contribution is -0.386. The van der Waals surface area contributed by atoms with Gasteiger partial charge in [-0.15, -0.1) is 0 Å². The Bertz CT molecular complexity index is 1860. The first-order chi connectivity index (χ1) is 46.9. The number of hydrogen-bond acceptors (Lipinski definition) is 30. The number of nitro groups is 1. The van der Waals surface area contributed by atoms with Gasteiger partial charge >= 0.3 is 0 Å². The Morgan fingerprint density at radius 3 is 0.884 bits per heavy atom. The zero-order valence-corrected chi connectivity index (χ0v) is 56.5. The molecule has 0 aromatic heterocycles. The highest BCUT2D eigenvalue weighted by Crippen LogP contribution is 2.37. The Labute approximate surface area is 560 Å². The van der Waals surface area contributed by atoms with Crippen LogP contribution in [0.1, 0.15) is 31.4 Å². The van der Waals surface area contributed by atoms with Crippen molar-refractivity contribution in [1.82, 2.24) is 5.32 Å². The Morgan fingerprint density at radius 2 is 0.663 bits per heavy atom. The van der Waals surface area contributed by atoms with Crippen LogP contribution in [-0.4, -0.2) is 347 Å². The molecule has 34 nitrogen and oxygen atoms in total. The molecule has 1 atom stereocenters. The number of azide groups is 1. The lowest BCUT2D eigenvalue weighted by Crippen LogP contribution is -2.27. The molecule has 1 aromatic carbocycles. The van der Waals surface area contributed by atoms with Crippen molar-refractivity contribution in [3.05, 3.63) is 38.3 Å². The summed E-state index contributed by atoms with van der Waals surface area (Å²) >= 11 is 0. The van der Waals surface area contributed by atoms with Crippen molar-refractivity contribution in [1.29, 1.82) is 0 Å². The summed E-state index contributed by atoms with van der Waals surface area (Å²) in [5.41, 5.74) is 8.02. The molecule has 0 saturated carbocycles. The van der Waals surface area contributed by atoms with Gasteiger partial charge in [0, 0.05) is 24.4 Å². The van der Waals surface area contributed by atoms with Crippen LogP contribution in [0.3, 0.4) is 0 Å². The van der Waals surface area contributed by atoms with Crippen molar-refractivity contribution in [2.75, 3.05) is 331 Å². The Kier molecular flexibility index (Phi) is 69.6. The van der Waals surface area contributed by atoms with Crippen LogP contribution < -0.4 is 14.8 Å². The maximum absolute atomic E-state index is 12.1. The quantitative estimate of drug-likeness (QED) is 0.0236. The van der Waals surface area contributed by atoms with Gasteiger partial charge in [-0.3, -0.25) is 14.9 Å². The molecule has 0 aliphatic rings. The minimum atomic E-state index is -1.06. The molecule has 0 heterocycles. The summed E-state index contributed by atoms with van der Waals surface area (Å²) in [5.74, 6) is 0.234. The smallest absolute Gasteiger partial charge is 0.279 e. The molecule has 0 saturated heterocycles. The van der Waals surface area contributed by atoms with Crippen LogP contribution in [0.5, 0.6) is 11.5 Å². The van der Waals surface area contributed by atoms with E-state index in [0.717, 1.165) is 0 Å². The lowest BCUT2D eigenvalue weighted by atomic mass is 10.1. The number of nitrogens with one attached hydrogen (secondary N) is 1. The van der Waals surface area contributed by atoms with Crippen molar-refractivity contribution in [3.8, 4) is 11.5 Å². The number of amides is 1. The van der Waals surface area contributed by atoms with Crippen LogP contribution in [0, 0.1) is 10.1 Å². The second-order valence-corrected chi connectivity index (χ2v) is 19.3. The third kappa shape index (κ3) is 64.5. The van der Waals surface area contributed by atoms with Crippen LogP contribution in [0.25, 0.3) is 10.4 Å². The molecule has 1 aromatic rings. The van der Waals surface area contributed by atoms with Crippen LogP contribution in [-0.2, 0) is 114 Å². The van der Waals surface area contributed by atoms with E-state index in [4.69, 9.17) is 124 Å². The fourth-order valence-corrected chi connectivity index (χ4v) is 7.19. The number of nitrogens with zero attached hydrogens (tertiary/aromatic N) is 4. The van der Waals surface area contributed by atoms with Crippen LogP contribution in [0.4, 0.5) is 5.69 Å². The van der Waals surface area contributed by atoms with Crippen molar-refractivity contribution in [2.45, 2.75) is 25.9 Å². The predicted octanol–water partition coefficient (Wildman–Crippen LogP) is 2.62. The SMILES string of the molecule is COc1cc(C(C)O)c([N+](=O)[O-])cc1OCCCC(=O)NCCOCCOCCOCCOCCOCCOCCOCCOCCOCCOCCOCCOCCOCCOCCOCCOCCOCCOCCOCCOCCOCCOCCOCCN=[N+]=[N-]. The van der Waals surface area contributed by atoms with Gasteiger partial charge in [-0.2, -0.15) is 0 Å². The van der Waals surface area contributed by atoms with Gasteiger partial charge in [0.1, 0.15) is 0 Å². The van der Waals surface area contributed by atoms with Gasteiger partial charge in [0.25, 0.3) is 5.69 Å². The van der Waals surface area contributed by atoms with E-state index < -0.39 is 11.0 Å². The number of aliphatic hydroxyl groups is 1. The van der Waals surface area contributed by atoms with Gasteiger partial charge in [-0.25, -0.2) is 0 Å². The number of aliphatic hydroxyl groups excluding tert-OH is 1. The van der Waals surface area contributed by atoms with E-state index >= 15 is 0 Å². The van der Waals surface area contributed by atoms with E-state index in [1.165, 1.54) is 26.2 Å². The summed E-state index contributed by atoms with van der Waals surface area (Å²) in [4.78, 5) is 25.6. The molecule has 0 radical (unpaired) electrons. The summed E-state index contributed by atoms with van der Waals surface area (Å²) in [6, 6.07) is 2.59. The summed E-state index contributed by atoms with van der Waals surface area (Å²) in [7, 11) is 1.40. The Morgan fingerprint density at radius 1 is 0.421 bits per heavy atom. The van der Waals surface area contributed by atoms with Gasteiger partial charge in [0.05, 0.1) is 340 Å². The van der Waals surface area contributed by atoms with E-state index in [9.17, 15) is 20.0 Å². The second-order valence-electron chi connectivity index (χ2n) is 19.3. The number of methoxy groups -OCH3 is 1. The summed E-state index contributed by atoms with van der Waals surface area (Å²) < 4.78 is 137. The summed E-state index contributed by atoms with van der Waals surface area (Å²) in [6.45, 7) is 23.2. The van der Waals surface area contributed by atoms with Crippen molar-refractivity contribution >= 4 is 11.6 Å². The topological polar surface area (TPSA) is 372 Å². The van der Waals surface area contributed by atoms with E-state index in [1.54, 1.807) is 0 Å². The first kappa shape index (κ1) is 89.1. The zero-order valence-electron chi connectivity index (χ0n) is 56.5. The second kappa shape index (κ2) is 74.3. The predicted molar refractivity (Wildman–Crippen MR) is 341 cm³/mol. The Balaban J connectivity index is 1.64. The fraction of sp³-hybridized carbons (Fsp3) is 0.885. The molecule has 1 amide bonds. The van der Waals surface area contributed by atoms with Crippen LogP contribution in [0.15, 0.2) is 17.2 Å². The van der Waals surface area contributed by atoms with Gasteiger partial charge in [0.15, 0.2) is 11.5 Å². The van der Waals surface area contributed by atoms with Crippen molar-refractivity contribution < 1.29 is 133 Å². The molecule has 1 rings (SSSR count). The average Bonchev–Trinajstić information content (AvgIpc) is 0.829. The maximum atomic E-state index is 12.1. The molecule has 0 bridgehead atoms. The van der Waals surface area contributed by atoms with E-state index in [-0.39, 0.29) is 41.7 Å². The highest BCUT2D eigenvalue weighted by molar-refractivity contribution is 5.75. The van der Waals surface area contributed by atoms with Crippen LogP contribution >= 0.6 is 0 Å². The minimum absolute atomic E-state index is 0.119. The van der Waals surface area contributed by atoms with Gasteiger partial charge in [-0.05, 0) is 24.9 Å². The van der Waals surface area contributed by atoms with Crippen molar-refractivity contribution in [3.63, 3.8) is 0 Å². The number of benzene rings is 1. The van der Waals surface area contributed by atoms with E-state index in [0.29, 0.717) is 323 Å². The highest BCUT2D eigenvalue weighted by Gasteiger charge is 2.23. The van der Waals surface area contributed by atoms with Crippen molar-refractivity contribution in [2.24, 2.45) is 5.11 Å². The summed E-state index contributed by atoms with van der Waals surface area (Å²) in [6.07, 6.45) is -0.487. The normalized spacial score (nSPS) is 11.8. The fourth-order valence-electron chi connectivity index (χ4n) is 7.19. The minimum Gasteiger partial charge on any atom is -0.493 e. The molecular formula is C61H113N5O29. The van der Waals surface area contributed by atoms with E-state index in [2.05, 4.69) is 15.3 Å². The first-order valence-corrected chi connectivity index (χ1v) is 32.6. The highest BCUT2D eigenvalue weighted by atomic mass is 16.6. The molecule has 2 N–H and O–H groups in total. The van der Waals surface area contributed by atoms with Gasteiger partial charge in [-0.1, -0.05) is 5.11 Å². The number of carbonyl (C=O) groups excluding carboxylic acids is 1. The number of carbonyl (C=O) groups is 1. The molecule has 556 valence electrons. The van der Waals surface area contributed by atoms with Gasteiger partial charge < -0.3 is 129 Å². The standard InChI is InChI=1S/C61H113N5O29/c1-56(67)57-54-59(71-2)60(55-58(57)66(69)70)95-7-3-4-61(68)63-5-8-72-10-12-74-14-16-76-18-20-78-22-24-80-26-28-82-30-32-84-34-36-86-38-40-88-42-44-90-46-48-92-50-52-94-53-51-93-49-47-91-45-43-89-41-39-87-37-35-85-33-31-83-29-27-81-25-23-79-21-19-77-17-15-75-13-11-73-9-6-64-65-62/h54-56,67H,3-53H2,1-2H3,(H,63,68). The first-order valence-electron chi connectivity index (χ1n) is 32.6. The molecule has 1 unspecified atom stereocenters. The number of hydrogen-bond donors (Lipinski definition) is 2. The third-order valence-electron chi connectivity index (χ3n) is 11.9. The largest absolute Gasteiger partial charge is 0.493 e. The third-order valence-corrected chi connectivity index (χ3v) is 11.9. The molecular weight excluding hydrogens is 1270 g/mol. The molecule has 0 aliphatic carbocycles. The molecule has 0 fully saturated rings. The lowest BCUT2D eigenvalue weighted by Gasteiger charge is -2.14. The maximum Gasteiger partial charge on any atom is 0.279 e. The zero-order chi connectivity index (χ0) is 68.3. The average molecular weight is 1380 g/mol. The number of rotatable bonds is 80. The number of nitro benzene ring substituents is 1. The summed E-state index contributed by atoms with van der Waals surface area (Å²) in [5, 5.41) is 27.4. The molecule has 34 heteroatoms. The molecule has 95 heavy (non-hydrogen) atoms. The molecule has 0 aliphatic heterocycles. The Hall–Kier alpha value is -3.96. The molecule has 0 spiro atoms. The van der Waals surface area contributed by atoms with Gasteiger partial charge in [0.2, 0.25) is 5.91 Å². The monoisotopic (exact) mass is 1380 g/mol. The number of ether oxygens (including phenoxy) is 25.